The molecule has 0 spiro atoms. The first-order chi connectivity index (χ1) is 9.56. The van der Waals surface area contributed by atoms with Gasteiger partial charge in [0.05, 0.1) is 11.9 Å². The van der Waals surface area contributed by atoms with Crippen molar-refractivity contribution in [2.24, 2.45) is 0 Å². The van der Waals surface area contributed by atoms with Gasteiger partial charge in [0.15, 0.2) is 0 Å². The topological polar surface area (TPSA) is 21.8 Å². The van der Waals surface area contributed by atoms with Gasteiger partial charge in [-0.15, -0.1) is 0 Å². The van der Waals surface area contributed by atoms with Crippen LogP contribution >= 0.6 is 0 Å². The lowest BCUT2D eigenvalue weighted by Crippen LogP contribution is -2.44. The van der Waals surface area contributed by atoms with Crippen LogP contribution in [0.15, 0.2) is 30.6 Å². The van der Waals surface area contributed by atoms with Crippen molar-refractivity contribution in [1.29, 1.82) is 0 Å². The third-order valence-corrected chi connectivity index (χ3v) is 4.64. The van der Waals surface area contributed by atoms with E-state index in [9.17, 15) is 0 Å². The minimum Gasteiger partial charge on any atom is -0.369 e. The van der Waals surface area contributed by atoms with Crippen molar-refractivity contribution in [3.63, 3.8) is 0 Å². The average molecular weight is 272 g/mol. The van der Waals surface area contributed by atoms with Crippen LogP contribution in [0, 0.1) is 0 Å². The fourth-order valence-electron chi connectivity index (χ4n) is 2.96. The van der Waals surface area contributed by atoms with Gasteiger partial charge >= 0.3 is 0 Å². The molecule has 0 aromatic heterocycles. The summed E-state index contributed by atoms with van der Waals surface area (Å²) in [5.74, 6) is 0.970. The first kappa shape index (κ1) is 13.3. The normalized spacial score (nSPS) is 23.6. The molecule has 2 aliphatic heterocycles. The molecule has 1 aromatic rings. The van der Waals surface area contributed by atoms with Crippen molar-refractivity contribution in [2.45, 2.75) is 13.0 Å². The van der Waals surface area contributed by atoms with Gasteiger partial charge in [0.25, 0.3) is 0 Å². The fraction of sp³-hybridized carbons (Fsp3) is 0.500. The molecule has 1 aromatic carbocycles. The van der Waals surface area contributed by atoms with Crippen LogP contribution in [-0.2, 0) is 0 Å². The Balaban J connectivity index is 1.87. The van der Waals surface area contributed by atoms with Gasteiger partial charge < -0.3 is 20.0 Å². The summed E-state index contributed by atoms with van der Waals surface area (Å²) in [7, 11) is 4.28. The maximum Gasteiger partial charge on any atom is 0.0986 e. The van der Waals surface area contributed by atoms with E-state index in [2.05, 4.69) is 65.8 Å². The molecule has 1 unspecified atom stereocenters. The van der Waals surface area contributed by atoms with E-state index in [1.54, 1.807) is 0 Å². The maximum atomic E-state index is 4.06. The third-order valence-electron chi connectivity index (χ3n) is 4.64. The van der Waals surface area contributed by atoms with Gasteiger partial charge in [-0.05, 0) is 37.7 Å². The molecule has 2 aliphatic rings. The Kier molecular flexibility index (Phi) is 3.34. The molecule has 0 saturated carbocycles. The van der Waals surface area contributed by atoms with Gasteiger partial charge in [-0.3, -0.25) is 0 Å². The number of nitrogens with one attached hydrogen (secondary N) is 1. The van der Waals surface area contributed by atoms with Crippen LogP contribution in [0.3, 0.4) is 0 Å². The second-order valence-corrected chi connectivity index (χ2v) is 5.92. The second kappa shape index (κ2) is 5.02. The van der Waals surface area contributed by atoms with Crippen molar-refractivity contribution in [1.82, 2.24) is 9.80 Å². The summed E-state index contributed by atoms with van der Waals surface area (Å²) in [4.78, 5) is 7.06. The fourth-order valence-corrected chi connectivity index (χ4v) is 2.96. The number of fused-ring (bicyclic) bond motifs is 1. The Labute approximate surface area is 121 Å². The van der Waals surface area contributed by atoms with Gasteiger partial charge in [-0.25, -0.2) is 0 Å². The summed E-state index contributed by atoms with van der Waals surface area (Å²) in [5.41, 5.74) is 3.89. The SMILES string of the molecule is C=C1Nc2ccc(N3CCN(C)CC3)cc2C(C)N1C. The number of piperazine rings is 1. The predicted octanol–water partition coefficient (Wildman–Crippen LogP) is 2.33. The molecule has 4 nitrogen and oxygen atoms in total. The van der Waals surface area contributed by atoms with Gasteiger partial charge in [0.2, 0.25) is 0 Å². The standard InChI is InChI=1S/C16H24N4/c1-12-15-11-14(20-9-7-18(3)8-10-20)5-6-16(15)17-13(2)19(12)4/h5-6,11-12,17H,2,7-10H2,1,3-4H3. The van der Waals surface area contributed by atoms with Crippen LogP contribution in [0.1, 0.15) is 18.5 Å². The number of benzene rings is 1. The van der Waals surface area contributed by atoms with E-state index in [4.69, 9.17) is 0 Å². The van der Waals surface area contributed by atoms with Gasteiger partial charge in [0, 0.05) is 44.6 Å². The number of hydrogen-bond donors (Lipinski definition) is 1. The van der Waals surface area contributed by atoms with E-state index >= 15 is 0 Å². The highest BCUT2D eigenvalue weighted by Gasteiger charge is 2.24. The van der Waals surface area contributed by atoms with Crippen molar-refractivity contribution in [2.75, 3.05) is 50.5 Å². The van der Waals surface area contributed by atoms with Gasteiger partial charge in [0.1, 0.15) is 0 Å². The van der Waals surface area contributed by atoms with Gasteiger partial charge in [-0.2, -0.15) is 0 Å². The summed E-state index contributed by atoms with van der Waals surface area (Å²) in [6.07, 6.45) is 0. The van der Waals surface area contributed by atoms with Crippen molar-refractivity contribution < 1.29 is 0 Å². The quantitative estimate of drug-likeness (QED) is 0.847. The number of hydrogen-bond acceptors (Lipinski definition) is 4. The van der Waals surface area contributed by atoms with Crippen LogP contribution < -0.4 is 10.2 Å². The summed E-state index contributed by atoms with van der Waals surface area (Å²) >= 11 is 0. The number of rotatable bonds is 1. The molecule has 1 saturated heterocycles. The zero-order valence-electron chi connectivity index (χ0n) is 12.7. The van der Waals surface area contributed by atoms with Crippen LogP contribution in [0.2, 0.25) is 0 Å². The molecule has 3 rings (SSSR count). The minimum atomic E-state index is 0.367. The summed E-state index contributed by atoms with van der Waals surface area (Å²) in [5, 5.41) is 3.38. The molecule has 0 aliphatic carbocycles. The van der Waals surface area contributed by atoms with E-state index in [1.165, 1.54) is 16.9 Å². The van der Waals surface area contributed by atoms with E-state index < -0.39 is 0 Å². The molecule has 0 radical (unpaired) electrons. The first-order valence-electron chi connectivity index (χ1n) is 7.32. The third kappa shape index (κ3) is 2.24. The van der Waals surface area contributed by atoms with E-state index in [0.29, 0.717) is 6.04 Å². The molecule has 20 heavy (non-hydrogen) atoms. The summed E-state index contributed by atoms with van der Waals surface area (Å²) < 4.78 is 0. The lowest BCUT2D eigenvalue weighted by atomic mass is 10.0. The molecule has 0 bridgehead atoms. The second-order valence-electron chi connectivity index (χ2n) is 5.92. The zero-order valence-corrected chi connectivity index (χ0v) is 12.7. The Hall–Kier alpha value is -1.68. The molecule has 1 atom stereocenters. The summed E-state index contributed by atoms with van der Waals surface area (Å²) in [6.45, 7) is 10.8. The van der Waals surface area contributed by atoms with Crippen molar-refractivity contribution in [3.05, 3.63) is 36.2 Å². The Morgan fingerprint density at radius 2 is 1.85 bits per heavy atom. The highest BCUT2D eigenvalue weighted by Crippen LogP contribution is 2.36. The van der Waals surface area contributed by atoms with Gasteiger partial charge in [-0.1, -0.05) is 6.58 Å². The molecule has 0 amide bonds. The Bertz CT molecular complexity index is 517. The van der Waals surface area contributed by atoms with Crippen molar-refractivity contribution in [3.8, 4) is 0 Å². The Morgan fingerprint density at radius 3 is 2.55 bits per heavy atom. The van der Waals surface area contributed by atoms with E-state index in [1.807, 2.05) is 0 Å². The van der Waals surface area contributed by atoms with Crippen LogP contribution in [0.25, 0.3) is 0 Å². The molecular formula is C16H24N4. The number of anilines is 2. The highest BCUT2D eigenvalue weighted by molar-refractivity contribution is 5.65. The maximum absolute atomic E-state index is 4.06. The Morgan fingerprint density at radius 1 is 1.15 bits per heavy atom. The largest absolute Gasteiger partial charge is 0.369 e. The molecule has 4 heteroatoms. The lowest BCUT2D eigenvalue weighted by Gasteiger charge is -2.38. The molecule has 1 fully saturated rings. The number of likely N-dealkylation sites (N-methyl/N-ethyl adjacent to an activating group) is 1. The smallest absolute Gasteiger partial charge is 0.0986 e. The van der Waals surface area contributed by atoms with Crippen LogP contribution in [0.4, 0.5) is 11.4 Å². The monoisotopic (exact) mass is 272 g/mol. The molecule has 1 N–H and O–H groups in total. The van der Waals surface area contributed by atoms with Crippen LogP contribution in [0.5, 0.6) is 0 Å². The van der Waals surface area contributed by atoms with E-state index in [0.717, 1.165) is 32.0 Å². The average Bonchev–Trinajstić information content (AvgIpc) is 2.46. The minimum absolute atomic E-state index is 0.367. The van der Waals surface area contributed by atoms with Crippen LogP contribution in [-0.4, -0.2) is 50.1 Å². The first-order valence-corrected chi connectivity index (χ1v) is 7.32. The molecule has 2 heterocycles. The highest BCUT2D eigenvalue weighted by atomic mass is 15.3. The predicted molar refractivity (Wildman–Crippen MR) is 85.1 cm³/mol. The molecule has 108 valence electrons. The van der Waals surface area contributed by atoms with E-state index in [-0.39, 0.29) is 0 Å². The summed E-state index contributed by atoms with van der Waals surface area (Å²) in [6, 6.07) is 7.12. The number of nitrogens with zero attached hydrogens (tertiary/aromatic N) is 3. The lowest BCUT2D eigenvalue weighted by molar-refractivity contribution is 0.312. The molecular weight excluding hydrogens is 248 g/mol. The zero-order chi connectivity index (χ0) is 14.3. The van der Waals surface area contributed by atoms with Crippen molar-refractivity contribution >= 4 is 11.4 Å².